The second-order valence-corrected chi connectivity index (χ2v) is 1.63. The van der Waals surface area contributed by atoms with E-state index in [1.165, 1.54) is 0 Å². The van der Waals surface area contributed by atoms with Gasteiger partial charge in [-0.05, 0) is 13.0 Å². The molecule has 1 aliphatic rings. The minimum Gasteiger partial charge on any atom is -0.315 e. The lowest BCUT2D eigenvalue weighted by molar-refractivity contribution is 0.788. The van der Waals surface area contributed by atoms with Crippen LogP contribution in [0.3, 0.4) is 0 Å². The molecule has 1 rings (SSSR count). The van der Waals surface area contributed by atoms with Gasteiger partial charge < -0.3 is 5.32 Å². The fourth-order valence-corrected chi connectivity index (χ4v) is 0.646. The summed E-state index contributed by atoms with van der Waals surface area (Å²) in [6, 6.07) is 2.15. The van der Waals surface area contributed by atoms with Gasteiger partial charge in [0.05, 0.1) is 12.0 Å². The van der Waals surface area contributed by atoms with Crippen molar-refractivity contribution in [1.29, 1.82) is 5.26 Å². The summed E-state index contributed by atoms with van der Waals surface area (Å²) < 4.78 is 0. The zero-order valence-electron chi connectivity index (χ0n) is 4.02. The summed E-state index contributed by atoms with van der Waals surface area (Å²) >= 11 is 0. The number of rotatable bonds is 0. The summed E-state index contributed by atoms with van der Waals surface area (Å²) in [5.74, 6) is 0.167. The van der Waals surface area contributed by atoms with Gasteiger partial charge in [-0.3, -0.25) is 0 Å². The first-order chi connectivity index (χ1) is 3.43. The van der Waals surface area contributed by atoms with E-state index < -0.39 is 0 Å². The quantitative estimate of drug-likeness (QED) is 0.457. The number of nitriles is 1. The Labute approximate surface area is 43.1 Å². The van der Waals surface area contributed by atoms with Gasteiger partial charge in [0.15, 0.2) is 0 Å². The van der Waals surface area contributed by atoms with E-state index in [9.17, 15) is 0 Å². The summed E-state index contributed by atoms with van der Waals surface area (Å²) in [4.78, 5) is 0. The fraction of sp³-hybridized carbons (Fsp3) is 0.600. The van der Waals surface area contributed by atoms with Crippen LogP contribution in [0, 0.1) is 23.7 Å². The Kier molecular flexibility index (Phi) is 1.28. The van der Waals surface area contributed by atoms with Crippen molar-refractivity contribution in [3.8, 4) is 6.07 Å². The van der Waals surface area contributed by atoms with Crippen LogP contribution in [0.4, 0.5) is 0 Å². The Bertz CT molecular complexity index is 86.7. The molecule has 7 heavy (non-hydrogen) atoms. The highest BCUT2D eigenvalue weighted by molar-refractivity contribution is 5.00. The van der Waals surface area contributed by atoms with Gasteiger partial charge in [-0.1, -0.05) is 0 Å². The summed E-state index contributed by atoms with van der Waals surface area (Å²) in [6.45, 7) is 1.74. The van der Waals surface area contributed by atoms with Crippen molar-refractivity contribution in [1.82, 2.24) is 5.32 Å². The molecule has 1 heterocycles. The lowest BCUT2D eigenvalue weighted by atomic mass is 10.2. The van der Waals surface area contributed by atoms with E-state index in [0.29, 0.717) is 0 Å². The second kappa shape index (κ2) is 1.94. The number of hydrogen-bond acceptors (Lipinski definition) is 2. The van der Waals surface area contributed by atoms with Crippen LogP contribution in [0.1, 0.15) is 0 Å². The molecule has 1 radical (unpaired) electrons. The van der Waals surface area contributed by atoms with Gasteiger partial charge in [-0.2, -0.15) is 5.26 Å². The first kappa shape index (κ1) is 4.61. The van der Waals surface area contributed by atoms with Crippen molar-refractivity contribution in [2.24, 2.45) is 5.92 Å². The number of hydrogen-bond donors (Lipinski definition) is 1. The summed E-state index contributed by atoms with van der Waals surface area (Å²) in [6.07, 6.45) is 1.99. The van der Waals surface area contributed by atoms with Crippen LogP contribution in [0.5, 0.6) is 0 Å². The van der Waals surface area contributed by atoms with E-state index in [4.69, 9.17) is 5.26 Å². The van der Waals surface area contributed by atoms with E-state index in [-0.39, 0.29) is 5.92 Å². The topological polar surface area (TPSA) is 35.8 Å². The van der Waals surface area contributed by atoms with Gasteiger partial charge in [0, 0.05) is 6.54 Å². The number of nitrogens with zero attached hydrogens (tertiary/aromatic N) is 1. The molecule has 0 saturated carbocycles. The van der Waals surface area contributed by atoms with Gasteiger partial charge in [0.2, 0.25) is 0 Å². The van der Waals surface area contributed by atoms with E-state index in [0.717, 1.165) is 13.1 Å². The third-order valence-corrected chi connectivity index (χ3v) is 1.08. The van der Waals surface area contributed by atoms with Gasteiger partial charge in [-0.25, -0.2) is 0 Å². The van der Waals surface area contributed by atoms with Crippen LogP contribution >= 0.6 is 0 Å². The molecule has 0 aromatic carbocycles. The highest BCUT2D eigenvalue weighted by Gasteiger charge is 2.11. The minimum atomic E-state index is 0.167. The molecule has 0 amide bonds. The first-order valence-corrected chi connectivity index (χ1v) is 2.37. The van der Waals surface area contributed by atoms with Crippen molar-refractivity contribution in [3.63, 3.8) is 0 Å². The maximum Gasteiger partial charge on any atom is 0.0672 e. The van der Waals surface area contributed by atoms with Crippen molar-refractivity contribution >= 4 is 0 Å². The predicted molar refractivity (Wildman–Crippen MR) is 26.3 cm³/mol. The van der Waals surface area contributed by atoms with Gasteiger partial charge in [0.1, 0.15) is 0 Å². The molecule has 1 fully saturated rings. The molecule has 0 aromatic rings. The first-order valence-electron chi connectivity index (χ1n) is 2.37. The van der Waals surface area contributed by atoms with E-state index in [2.05, 4.69) is 11.4 Å². The van der Waals surface area contributed by atoms with Crippen LogP contribution in [0.15, 0.2) is 0 Å². The summed E-state index contributed by atoms with van der Waals surface area (Å²) in [5, 5.41) is 11.3. The Morgan fingerprint density at radius 3 is 3.00 bits per heavy atom. The van der Waals surface area contributed by atoms with Crippen LogP contribution in [-0.2, 0) is 0 Å². The molecule has 1 saturated heterocycles. The summed E-state index contributed by atoms with van der Waals surface area (Å²) in [7, 11) is 0. The zero-order valence-corrected chi connectivity index (χ0v) is 4.02. The lowest BCUT2D eigenvalue weighted by Gasteiger charge is -1.86. The van der Waals surface area contributed by atoms with Gasteiger partial charge in [0.25, 0.3) is 0 Å². The Morgan fingerprint density at radius 1 is 1.86 bits per heavy atom. The molecule has 1 aliphatic heterocycles. The third kappa shape index (κ3) is 0.908. The maximum atomic E-state index is 8.24. The summed E-state index contributed by atoms with van der Waals surface area (Å²) in [5.41, 5.74) is 0. The number of nitrogens with one attached hydrogen (secondary N) is 1. The van der Waals surface area contributed by atoms with Crippen LogP contribution in [0.2, 0.25) is 0 Å². The average Bonchev–Trinajstić information content (AvgIpc) is 2.14. The Morgan fingerprint density at radius 2 is 2.71 bits per heavy atom. The second-order valence-electron chi connectivity index (χ2n) is 1.63. The highest BCUT2D eigenvalue weighted by atomic mass is 14.9. The van der Waals surface area contributed by atoms with Crippen molar-refractivity contribution in [2.45, 2.75) is 0 Å². The van der Waals surface area contributed by atoms with Crippen molar-refractivity contribution < 1.29 is 0 Å². The van der Waals surface area contributed by atoms with Crippen molar-refractivity contribution in [2.75, 3.05) is 13.1 Å². The lowest BCUT2D eigenvalue weighted by Crippen LogP contribution is -2.07. The Balaban J connectivity index is 2.31. The predicted octanol–water partition coefficient (Wildman–Crippen LogP) is -0.0663. The fourth-order valence-electron chi connectivity index (χ4n) is 0.646. The Hall–Kier alpha value is -0.550. The average molecular weight is 95.1 g/mol. The van der Waals surface area contributed by atoms with E-state index in [1.54, 1.807) is 0 Å². The SMILES string of the molecule is N#CC1[CH]CNC1. The minimum absolute atomic E-state index is 0.167. The molecule has 2 nitrogen and oxygen atoms in total. The molecule has 0 aliphatic carbocycles. The molecule has 37 valence electrons. The molecular formula is C5H7N2. The molecule has 0 bridgehead atoms. The van der Waals surface area contributed by atoms with E-state index in [1.807, 2.05) is 6.42 Å². The monoisotopic (exact) mass is 95.1 g/mol. The van der Waals surface area contributed by atoms with Crippen LogP contribution < -0.4 is 5.32 Å². The molecule has 1 unspecified atom stereocenters. The maximum absolute atomic E-state index is 8.24. The molecule has 1 atom stereocenters. The smallest absolute Gasteiger partial charge is 0.0672 e. The largest absolute Gasteiger partial charge is 0.315 e. The molecule has 2 heteroatoms. The van der Waals surface area contributed by atoms with Crippen LogP contribution in [0.25, 0.3) is 0 Å². The molecule has 0 aromatic heterocycles. The molecular weight excluding hydrogens is 88.1 g/mol. The normalized spacial score (nSPS) is 29.9. The van der Waals surface area contributed by atoms with Gasteiger partial charge in [-0.15, -0.1) is 0 Å². The molecule has 0 spiro atoms. The third-order valence-electron chi connectivity index (χ3n) is 1.08. The van der Waals surface area contributed by atoms with Crippen LogP contribution in [-0.4, -0.2) is 13.1 Å². The highest BCUT2D eigenvalue weighted by Crippen LogP contribution is 2.01. The molecule has 1 N–H and O–H groups in total. The van der Waals surface area contributed by atoms with Crippen molar-refractivity contribution in [3.05, 3.63) is 6.42 Å². The zero-order chi connectivity index (χ0) is 5.11. The standard InChI is InChI=1S/C5H7N2/c6-3-5-1-2-7-4-5/h1,5,7H,2,4H2. The van der Waals surface area contributed by atoms with E-state index >= 15 is 0 Å². The van der Waals surface area contributed by atoms with Gasteiger partial charge >= 0.3 is 0 Å².